The van der Waals surface area contributed by atoms with Crippen LogP contribution in [0.2, 0.25) is 0 Å². The molecule has 0 heterocycles. The number of hydrogen-bond donors (Lipinski definition) is 1. The van der Waals surface area contributed by atoms with Gasteiger partial charge in [-0.2, -0.15) is 0 Å². The van der Waals surface area contributed by atoms with Crippen molar-refractivity contribution in [2.45, 2.75) is 39.1 Å². The van der Waals surface area contributed by atoms with Crippen molar-refractivity contribution in [3.8, 4) is 0 Å². The standard InChI is InChI=1S/C12H19NO/c1-10(13(14)12(2,3)4)11-8-6-5-7-9-11/h5-10,13H,1-4H3/i2D3,3D3,4D3,5D,6D,7D,8D,9D. The normalized spacial score (nSPS) is 33.6. The monoisotopic (exact) mass is 207 g/mol. The summed E-state index contributed by atoms with van der Waals surface area (Å²) in [5.41, 5.74) is -4.48. The molecule has 0 radical (unpaired) electrons. The molecule has 1 N–H and O–H groups in total. The lowest BCUT2D eigenvalue weighted by molar-refractivity contribution is -0.927. The first-order valence-electron chi connectivity index (χ1n) is 10.9. The summed E-state index contributed by atoms with van der Waals surface area (Å²) in [5, 5.41) is 11.3. The molecule has 0 spiro atoms. The first-order chi connectivity index (χ1) is 12.2. The van der Waals surface area contributed by atoms with Gasteiger partial charge in [-0.3, -0.25) is 0 Å². The fourth-order valence-corrected chi connectivity index (χ4v) is 0.932. The van der Waals surface area contributed by atoms with E-state index in [0.717, 1.165) is 6.92 Å². The van der Waals surface area contributed by atoms with Crippen molar-refractivity contribution in [2.75, 3.05) is 0 Å². The average molecular weight is 207 g/mol. The minimum absolute atomic E-state index is 0.668. The molecule has 0 aliphatic rings. The summed E-state index contributed by atoms with van der Waals surface area (Å²) < 4.78 is 107. The van der Waals surface area contributed by atoms with E-state index in [4.69, 9.17) is 19.2 Å². The molecular weight excluding hydrogens is 174 g/mol. The van der Waals surface area contributed by atoms with Gasteiger partial charge in [0.15, 0.2) is 0 Å². The summed E-state index contributed by atoms with van der Waals surface area (Å²) in [6.07, 6.45) is 0. The largest absolute Gasteiger partial charge is 0.633 e. The van der Waals surface area contributed by atoms with Crippen LogP contribution in [0.3, 0.4) is 0 Å². The second-order valence-corrected chi connectivity index (χ2v) is 2.87. The molecule has 2 unspecified atom stereocenters. The van der Waals surface area contributed by atoms with E-state index in [1.165, 1.54) is 0 Å². The van der Waals surface area contributed by atoms with Gasteiger partial charge in [-0.25, -0.2) is 0 Å². The van der Waals surface area contributed by atoms with Crippen molar-refractivity contribution < 1.29 is 24.3 Å². The molecule has 0 amide bonds. The second-order valence-electron chi connectivity index (χ2n) is 2.87. The van der Waals surface area contributed by atoms with Crippen LogP contribution in [0.25, 0.3) is 0 Å². The highest BCUT2D eigenvalue weighted by atomic mass is 16.5. The molecule has 1 rings (SSSR count). The predicted octanol–water partition coefficient (Wildman–Crippen LogP) is 1.93. The van der Waals surface area contributed by atoms with Gasteiger partial charge in [0, 0.05) is 17.9 Å². The molecule has 2 atom stereocenters. The lowest BCUT2D eigenvalue weighted by atomic mass is 10.0. The predicted molar refractivity (Wildman–Crippen MR) is 58.9 cm³/mol. The van der Waals surface area contributed by atoms with E-state index in [2.05, 4.69) is 0 Å². The van der Waals surface area contributed by atoms with Gasteiger partial charge in [-0.15, -0.1) is 0 Å². The SMILES string of the molecule is [2H]c1c([2H])c([2H])c(C(C)[NH+]([O-])C(C([2H])([2H])[2H])(C([2H])([2H])[2H])C([2H])([2H])[2H])c([2H])c1[2H]. The van der Waals surface area contributed by atoms with Gasteiger partial charge >= 0.3 is 0 Å². The summed E-state index contributed by atoms with van der Waals surface area (Å²) in [6, 6.07) is -6.01. The molecule has 0 fully saturated rings. The zero-order chi connectivity index (χ0) is 22.6. The van der Waals surface area contributed by atoms with E-state index in [1.54, 1.807) is 0 Å². The van der Waals surface area contributed by atoms with Gasteiger partial charge in [-0.1, -0.05) is 30.2 Å². The lowest BCUT2D eigenvalue weighted by Gasteiger charge is -2.40. The van der Waals surface area contributed by atoms with E-state index in [1.807, 2.05) is 0 Å². The molecule has 0 saturated carbocycles. The Hall–Kier alpha value is -0.860. The Balaban J connectivity index is 3.89. The third-order valence-corrected chi connectivity index (χ3v) is 1.72. The van der Waals surface area contributed by atoms with E-state index < -0.39 is 73.0 Å². The number of benzene rings is 1. The van der Waals surface area contributed by atoms with Gasteiger partial charge in [0.25, 0.3) is 0 Å². The van der Waals surface area contributed by atoms with Crippen molar-refractivity contribution in [3.63, 3.8) is 0 Å². The maximum atomic E-state index is 13.1. The van der Waals surface area contributed by atoms with Crippen molar-refractivity contribution in [1.82, 2.24) is 0 Å². The Morgan fingerprint density at radius 2 is 1.93 bits per heavy atom. The number of hydroxylamine groups is 2. The van der Waals surface area contributed by atoms with Gasteiger partial charge in [0.1, 0.15) is 6.04 Å². The van der Waals surface area contributed by atoms with Crippen LogP contribution in [0.15, 0.2) is 30.2 Å². The minimum atomic E-state index is -3.81. The Bertz CT molecular complexity index is 684. The van der Waals surface area contributed by atoms with Crippen LogP contribution in [-0.4, -0.2) is 5.54 Å². The zero-order valence-electron chi connectivity index (χ0n) is 21.5. The highest BCUT2D eigenvalue weighted by molar-refractivity contribution is 5.16. The molecule has 0 aliphatic carbocycles. The fraction of sp³-hybridized carbons (Fsp3) is 0.500. The highest BCUT2D eigenvalue weighted by Gasteiger charge is 2.23. The molecule has 0 aliphatic heterocycles. The molecule has 0 aromatic heterocycles. The molecule has 2 heteroatoms. The van der Waals surface area contributed by atoms with Crippen LogP contribution in [0.4, 0.5) is 0 Å². The summed E-state index contributed by atoms with van der Waals surface area (Å²) >= 11 is 0. The molecule has 0 saturated heterocycles. The summed E-state index contributed by atoms with van der Waals surface area (Å²) in [4.78, 5) is 0. The van der Waals surface area contributed by atoms with Crippen LogP contribution in [0.5, 0.6) is 0 Å². The van der Waals surface area contributed by atoms with Crippen molar-refractivity contribution in [1.29, 1.82) is 0 Å². The van der Waals surface area contributed by atoms with Gasteiger partial charge in [-0.05, 0) is 27.5 Å². The summed E-state index contributed by atoms with van der Waals surface area (Å²) in [6.45, 7) is -10.4. The Morgan fingerprint density at radius 1 is 1.36 bits per heavy atom. The highest BCUT2D eigenvalue weighted by Crippen LogP contribution is 2.10. The summed E-state index contributed by atoms with van der Waals surface area (Å²) in [5.74, 6) is 0. The topological polar surface area (TPSA) is 27.5 Å². The van der Waals surface area contributed by atoms with Gasteiger partial charge in [0.2, 0.25) is 0 Å². The lowest BCUT2D eigenvalue weighted by Crippen LogP contribution is -3.14. The molecule has 78 valence electrons. The van der Waals surface area contributed by atoms with E-state index in [0.29, 0.717) is 0 Å². The van der Waals surface area contributed by atoms with Crippen LogP contribution in [0.1, 0.15) is 58.3 Å². The maximum absolute atomic E-state index is 13.1. The van der Waals surface area contributed by atoms with Crippen LogP contribution in [-0.2, 0) is 0 Å². The molecule has 0 bridgehead atoms. The number of hydrogen-bond acceptors (Lipinski definition) is 1. The van der Waals surface area contributed by atoms with E-state index in [-0.39, 0.29) is 0 Å². The first kappa shape index (κ1) is 2.63. The van der Waals surface area contributed by atoms with Crippen molar-refractivity contribution in [2.24, 2.45) is 0 Å². The molecule has 14 heavy (non-hydrogen) atoms. The smallest absolute Gasteiger partial charge is 0.110 e. The Morgan fingerprint density at radius 3 is 2.43 bits per heavy atom. The molecular formula is C12H19NO. The van der Waals surface area contributed by atoms with Crippen LogP contribution < -0.4 is 5.06 Å². The average Bonchev–Trinajstić information content (AvgIpc) is 2.47. The minimum Gasteiger partial charge on any atom is -0.633 e. The maximum Gasteiger partial charge on any atom is 0.110 e. The Kier molecular flexibility index (Phi) is 0.772. The molecule has 1 aromatic rings. The fourth-order valence-electron chi connectivity index (χ4n) is 0.932. The number of quaternary nitrogens is 1. The van der Waals surface area contributed by atoms with Crippen molar-refractivity contribution in [3.05, 3.63) is 41.0 Å². The summed E-state index contributed by atoms with van der Waals surface area (Å²) in [7, 11) is 0. The first-order valence-corrected chi connectivity index (χ1v) is 3.86. The van der Waals surface area contributed by atoms with Crippen molar-refractivity contribution >= 4 is 0 Å². The number of nitrogens with one attached hydrogen (secondary N) is 1. The van der Waals surface area contributed by atoms with E-state index in [9.17, 15) is 5.21 Å². The van der Waals surface area contributed by atoms with Gasteiger partial charge < -0.3 is 10.3 Å². The number of rotatable bonds is 2. The van der Waals surface area contributed by atoms with Crippen LogP contribution in [0, 0.1) is 5.21 Å². The zero-order valence-corrected chi connectivity index (χ0v) is 7.49. The third kappa shape index (κ3) is 2.56. The molecule has 2 nitrogen and oxygen atoms in total. The Labute approximate surface area is 106 Å². The second kappa shape index (κ2) is 4.11. The quantitative estimate of drug-likeness (QED) is 0.737. The third-order valence-electron chi connectivity index (χ3n) is 1.72. The van der Waals surface area contributed by atoms with E-state index >= 15 is 0 Å². The van der Waals surface area contributed by atoms with Gasteiger partial charge in [0.05, 0.1) is 12.4 Å². The molecule has 1 aromatic carbocycles. The van der Waals surface area contributed by atoms with Crippen LogP contribution >= 0.6 is 0 Å².